The molecule has 0 atom stereocenters. The SMILES string of the molecule is COc1c(N)cc(COCc2nc(NC(=O)O)ccc2C)cc1-c1ncn(C)n1. The fraction of sp³-hybridized carbons (Fsp3) is 0.263. The lowest BCUT2D eigenvalue weighted by atomic mass is 10.1. The number of hydrogen-bond acceptors (Lipinski definition) is 7. The Hall–Kier alpha value is -3.66. The molecule has 4 N–H and O–H groups in total. The van der Waals surface area contributed by atoms with Gasteiger partial charge in [-0.2, -0.15) is 5.10 Å². The van der Waals surface area contributed by atoms with Crippen LogP contribution in [0.5, 0.6) is 5.75 Å². The highest BCUT2D eigenvalue weighted by Crippen LogP contribution is 2.34. The first kappa shape index (κ1) is 20.1. The molecule has 0 aliphatic carbocycles. The summed E-state index contributed by atoms with van der Waals surface area (Å²) in [4.78, 5) is 19.3. The molecule has 3 rings (SSSR count). The van der Waals surface area contributed by atoms with Crippen molar-refractivity contribution in [1.29, 1.82) is 0 Å². The van der Waals surface area contributed by atoms with Crippen LogP contribution in [0.4, 0.5) is 16.3 Å². The number of benzene rings is 1. The standard InChI is InChI=1S/C19H22N6O4/c1-11-4-5-16(23-19(26)27)22-15(11)9-29-8-12-6-13(17(28-3)14(20)7-12)18-21-10-25(2)24-18/h4-7,10H,8-9,20H2,1-3H3,(H,22,23)(H,26,27). The summed E-state index contributed by atoms with van der Waals surface area (Å²) in [7, 11) is 3.32. The number of methoxy groups -OCH3 is 1. The van der Waals surface area contributed by atoms with E-state index in [-0.39, 0.29) is 19.0 Å². The van der Waals surface area contributed by atoms with Gasteiger partial charge in [0.1, 0.15) is 12.1 Å². The molecular formula is C19H22N6O4. The molecule has 1 amide bonds. The Labute approximate surface area is 167 Å². The summed E-state index contributed by atoms with van der Waals surface area (Å²) in [5, 5.41) is 15.4. The van der Waals surface area contributed by atoms with E-state index in [0.717, 1.165) is 11.1 Å². The van der Waals surface area contributed by atoms with Crippen molar-refractivity contribution >= 4 is 17.6 Å². The highest BCUT2D eigenvalue weighted by molar-refractivity contribution is 5.81. The number of anilines is 2. The molecule has 10 heteroatoms. The lowest BCUT2D eigenvalue weighted by Gasteiger charge is -2.13. The van der Waals surface area contributed by atoms with E-state index in [4.69, 9.17) is 20.3 Å². The van der Waals surface area contributed by atoms with Crippen molar-refractivity contribution in [1.82, 2.24) is 19.7 Å². The maximum absolute atomic E-state index is 10.8. The van der Waals surface area contributed by atoms with E-state index in [0.29, 0.717) is 28.5 Å². The van der Waals surface area contributed by atoms with Gasteiger partial charge < -0.3 is 20.3 Å². The summed E-state index contributed by atoms with van der Waals surface area (Å²) in [6.07, 6.45) is 0.429. The van der Waals surface area contributed by atoms with E-state index in [1.165, 1.54) is 0 Å². The quantitative estimate of drug-likeness (QED) is 0.516. The van der Waals surface area contributed by atoms with Gasteiger partial charge in [0.25, 0.3) is 0 Å². The minimum Gasteiger partial charge on any atom is -0.494 e. The third-order valence-electron chi connectivity index (χ3n) is 4.17. The van der Waals surface area contributed by atoms with Crippen molar-refractivity contribution in [3.8, 4) is 17.1 Å². The highest BCUT2D eigenvalue weighted by Gasteiger charge is 2.15. The van der Waals surface area contributed by atoms with Crippen LogP contribution in [0, 0.1) is 6.92 Å². The Bertz CT molecular complexity index is 1030. The average molecular weight is 398 g/mol. The molecule has 0 aliphatic rings. The molecule has 0 unspecified atom stereocenters. The number of amides is 1. The number of hydrogen-bond donors (Lipinski definition) is 3. The molecule has 0 radical (unpaired) electrons. The van der Waals surface area contributed by atoms with E-state index in [9.17, 15) is 4.79 Å². The van der Waals surface area contributed by atoms with Crippen molar-refractivity contribution in [2.45, 2.75) is 20.1 Å². The number of nitrogens with zero attached hydrogens (tertiary/aromatic N) is 4. The number of rotatable bonds is 7. The monoisotopic (exact) mass is 398 g/mol. The summed E-state index contributed by atoms with van der Waals surface area (Å²) in [6, 6.07) is 7.03. The molecule has 29 heavy (non-hydrogen) atoms. The third-order valence-corrected chi connectivity index (χ3v) is 4.17. The van der Waals surface area contributed by atoms with Crippen LogP contribution in [0.3, 0.4) is 0 Å². The minimum absolute atomic E-state index is 0.212. The van der Waals surface area contributed by atoms with E-state index >= 15 is 0 Å². The van der Waals surface area contributed by atoms with Crippen LogP contribution >= 0.6 is 0 Å². The van der Waals surface area contributed by atoms with E-state index in [1.54, 1.807) is 43.4 Å². The van der Waals surface area contributed by atoms with Crippen molar-refractivity contribution in [3.63, 3.8) is 0 Å². The Morgan fingerprint density at radius 1 is 1.31 bits per heavy atom. The Kier molecular flexibility index (Phi) is 5.93. The first-order valence-electron chi connectivity index (χ1n) is 8.74. The van der Waals surface area contributed by atoms with Gasteiger partial charge in [-0.1, -0.05) is 6.07 Å². The molecule has 1 aromatic carbocycles. The second kappa shape index (κ2) is 8.57. The highest BCUT2D eigenvalue weighted by atomic mass is 16.5. The molecular weight excluding hydrogens is 376 g/mol. The Balaban J connectivity index is 1.76. The van der Waals surface area contributed by atoms with Crippen LogP contribution in [-0.4, -0.2) is 38.1 Å². The topological polar surface area (TPSA) is 137 Å². The molecule has 2 heterocycles. The number of nitrogens with two attached hydrogens (primary N) is 1. The number of carbonyl (C=O) groups is 1. The molecule has 0 bridgehead atoms. The van der Waals surface area contributed by atoms with Gasteiger partial charge in [0.05, 0.1) is 37.3 Å². The predicted molar refractivity (Wildman–Crippen MR) is 107 cm³/mol. The van der Waals surface area contributed by atoms with Crippen LogP contribution in [0.1, 0.15) is 16.8 Å². The van der Waals surface area contributed by atoms with Crippen LogP contribution in [0.25, 0.3) is 11.4 Å². The molecule has 2 aromatic heterocycles. The lowest BCUT2D eigenvalue weighted by Crippen LogP contribution is -2.10. The molecule has 0 aliphatic heterocycles. The number of pyridine rings is 1. The van der Waals surface area contributed by atoms with Crippen LogP contribution in [0.15, 0.2) is 30.6 Å². The molecule has 3 aromatic rings. The Morgan fingerprint density at radius 2 is 2.10 bits per heavy atom. The van der Waals surface area contributed by atoms with Gasteiger partial charge in [0.15, 0.2) is 11.6 Å². The summed E-state index contributed by atoms with van der Waals surface area (Å²) in [5.41, 5.74) is 9.62. The number of nitrogens with one attached hydrogen (secondary N) is 1. The molecule has 0 saturated heterocycles. The molecule has 0 fully saturated rings. The first-order chi connectivity index (χ1) is 13.9. The van der Waals surface area contributed by atoms with Crippen LogP contribution < -0.4 is 15.8 Å². The minimum atomic E-state index is -1.17. The second-order valence-electron chi connectivity index (χ2n) is 6.39. The largest absolute Gasteiger partial charge is 0.494 e. The number of ether oxygens (including phenoxy) is 2. The maximum Gasteiger partial charge on any atom is 0.410 e. The third kappa shape index (κ3) is 4.79. The summed E-state index contributed by atoms with van der Waals surface area (Å²) in [5.74, 6) is 1.26. The zero-order valence-corrected chi connectivity index (χ0v) is 16.3. The predicted octanol–water partition coefficient (Wildman–Crippen LogP) is 2.58. The smallest absolute Gasteiger partial charge is 0.410 e. The number of nitrogen functional groups attached to an aromatic ring is 1. The van der Waals surface area contributed by atoms with Gasteiger partial charge in [-0.05, 0) is 36.2 Å². The van der Waals surface area contributed by atoms with Crippen molar-refractivity contribution < 1.29 is 19.4 Å². The second-order valence-corrected chi connectivity index (χ2v) is 6.39. The zero-order valence-electron chi connectivity index (χ0n) is 16.3. The molecule has 0 spiro atoms. The van der Waals surface area contributed by atoms with Gasteiger partial charge in [0.2, 0.25) is 0 Å². The summed E-state index contributed by atoms with van der Waals surface area (Å²) >= 11 is 0. The summed E-state index contributed by atoms with van der Waals surface area (Å²) < 4.78 is 12.8. The van der Waals surface area contributed by atoms with Crippen LogP contribution in [-0.2, 0) is 25.0 Å². The van der Waals surface area contributed by atoms with Crippen molar-refractivity contribution in [2.75, 3.05) is 18.2 Å². The first-order valence-corrected chi connectivity index (χ1v) is 8.74. The van der Waals surface area contributed by atoms with Gasteiger partial charge in [0, 0.05) is 7.05 Å². The van der Waals surface area contributed by atoms with E-state index < -0.39 is 6.09 Å². The summed E-state index contributed by atoms with van der Waals surface area (Å²) in [6.45, 7) is 2.36. The molecule has 152 valence electrons. The average Bonchev–Trinajstić information content (AvgIpc) is 3.09. The molecule has 10 nitrogen and oxygen atoms in total. The van der Waals surface area contributed by atoms with E-state index in [2.05, 4.69) is 20.4 Å². The number of aromatic nitrogens is 4. The van der Waals surface area contributed by atoms with Gasteiger partial charge >= 0.3 is 6.09 Å². The Morgan fingerprint density at radius 3 is 2.76 bits per heavy atom. The van der Waals surface area contributed by atoms with E-state index in [1.807, 2.05) is 13.0 Å². The van der Waals surface area contributed by atoms with Crippen LogP contribution in [0.2, 0.25) is 0 Å². The van der Waals surface area contributed by atoms with Gasteiger partial charge in [-0.15, -0.1) is 0 Å². The molecule has 0 saturated carbocycles. The van der Waals surface area contributed by atoms with Gasteiger partial charge in [-0.3, -0.25) is 10.00 Å². The van der Waals surface area contributed by atoms with Crippen molar-refractivity contribution in [3.05, 3.63) is 47.4 Å². The maximum atomic E-state index is 10.8. The normalized spacial score (nSPS) is 10.7. The number of carboxylic acid groups (broad SMARTS) is 1. The van der Waals surface area contributed by atoms with Crippen molar-refractivity contribution in [2.24, 2.45) is 7.05 Å². The lowest BCUT2D eigenvalue weighted by molar-refractivity contribution is 0.104. The fourth-order valence-electron chi connectivity index (χ4n) is 2.82. The fourth-order valence-corrected chi connectivity index (χ4v) is 2.82. The zero-order chi connectivity index (χ0) is 21.0. The van der Waals surface area contributed by atoms with Gasteiger partial charge in [-0.25, -0.2) is 14.8 Å². The number of aryl methyl sites for hydroxylation is 2.